The van der Waals surface area contributed by atoms with E-state index in [4.69, 9.17) is 4.74 Å². The van der Waals surface area contributed by atoms with Gasteiger partial charge < -0.3 is 34.9 Å². The summed E-state index contributed by atoms with van der Waals surface area (Å²) in [6.45, 7) is 1.51. The van der Waals surface area contributed by atoms with E-state index in [9.17, 15) is 42.7 Å². The summed E-state index contributed by atoms with van der Waals surface area (Å²) in [5.74, 6) is -7.96. The Hall–Kier alpha value is -4.89. The number of benzene rings is 1. The van der Waals surface area contributed by atoms with Gasteiger partial charge in [-0.15, -0.1) is 0 Å². The topological polar surface area (TPSA) is 210 Å². The molecule has 1 rings (SSSR count). The van der Waals surface area contributed by atoms with Crippen LogP contribution < -0.4 is 16.0 Å². The van der Waals surface area contributed by atoms with Crippen LogP contribution in [0.25, 0.3) is 0 Å². The molecule has 0 aliphatic carbocycles. The molecule has 0 fully saturated rings. The molecule has 0 unspecified atom stereocenters. The van der Waals surface area contributed by atoms with Crippen LogP contribution in [0.3, 0.4) is 0 Å². The first kappa shape index (κ1) is 40.1. The van der Waals surface area contributed by atoms with E-state index in [1.807, 2.05) is 0 Å². The van der Waals surface area contributed by atoms with E-state index >= 15 is 0 Å². The SMILES string of the molecule is COC(=O)CC[C@@H](CC(=O)[C@H](CC(=O)OC)NC(=O)OCc1ccccc1)C(=O)N[C@H](C(=O)N[C@@H](CC(=O)OC)C(=O)CF)C(C)C. The maximum absolute atomic E-state index is 13.5. The van der Waals surface area contributed by atoms with Crippen LogP contribution in [-0.2, 0) is 59.1 Å². The third kappa shape index (κ3) is 14.8. The van der Waals surface area contributed by atoms with E-state index in [2.05, 4.69) is 30.2 Å². The number of carbonyl (C=O) groups excluding carboxylic acids is 8. The van der Waals surface area contributed by atoms with Gasteiger partial charge in [-0.3, -0.25) is 33.6 Å². The second-order valence-electron chi connectivity index (χ2n) is 10.7. The molecular formula is C31H42FN3O12. The molecule has 0 saturated carbocycles. The number of Topliss-reactive ketones (excluding diaryl/α,β-unsaturated/α-hetero) is 2. The predicted octanol–water partition coefficient (Wildman–Crippen LogP) is 1.10. The van der Waals surface area contributed by atoms with Gasteiger partial charge in [0.05, 0.1) is 34.2 Å². The third-order valence-corrected chi connectivity index (χ3v) is 6.92. The quantitative estimate of drug-likeness (QED) is 0.132. The molecule has 15 nitrogen and oxygen atoms in total. The van der Waals surface area contributed by atoms with Gasteiger partial charge in [0.25, 0.3) is 0 Å². The van der Waals surface area contributed by atoms with Crippen molar-refractivity contribution in [3.05, 3.63) is 35.9 Å². The average Bonchev–Trinajstić information content (AvgIpc) is 3.06. The zero-order chi connectivity index (χ0) is 35.5. The molecule has 0 bridgehead atoms. The molecule has 4 atom stereocenters. The van der Waals surface area contributed by atoms with E-state index in [-0.39, 0.29) is 19.4 Å². The lowest BCUT2D eigenvalue weighted by Crippen LogP contribution is -2.55. The molecule has 47 heavy (non-hydrogen) atoms. The summed E-state index contributed by atoms with van der Waals surface area (Å²) in [4.78, 5) is 100. The molecule has 0 saturated heterocycles. The molecule has 0 aromatic heterocycles. The number of hydrogen-bond acceptors (Lipinski definition) is 12. The van der Waals surface area contributed by atoms with E-state index in [1.54, 1.807) is 44.2 Å². The van der Waals surface area contributed by atoms with Crippen LogP contribution in [0.5, 0.6) is 0 Å². The highest BCUT2D eigenvalue weighted by molar-refractivity contribution is 5.97. The lowest BCUT2D eigenvalue weighted by atomic mass is 9.91. The number of alkyl halides is 1. The maximum atomic E-state index is 13.5. The van der Waals surface area contributed by atoms with Gasteiger partial charge in [0, 0.05) is 18.8 Å². The number of halogens is 1. The largest absolute Gasteiger partial charge is 0.469 e. The van der Waals surface area contributed by atoms with Crippen molar-refractivity contribution in [2.45, 2.75) is 70.7 Å². The zero-order valence-corrected chi connectivity index (χ0v) is 27.0. The molecular weight excluding hydrogens is 625 g/mol. The van der Waals surface area contributed by atoms with Crippen molar-refractivity contribution in [3.63, 3.8) is 0 Å². The highest BCUT2D eigenvalue weighted by Crippen LogP contribution is 2.17. The fourth-order valence-corrected chi connectivity index (χ4v) is 4.16. The minimum atomic E-state index is -1.57. The Labute approximate surface area is 271 Å². The fraction of sp³-hybridized carbons (Fsp3) is 0.548. The molecule has 1 aromatic carbocycles. The Morgan fingerprint density at radius 2 is 1.26 bits per heavy atom. The summed E-state index contributed by atoms with van der Waals surface area (Å²) in [5.41, 5.74) is 0.660. The van der Waals surface area contributed by atoms with E-state index in [1.165, 1.54) is 0 Å². The van der Waals surface area contributed by atoms with E-state index in [0.717, 1.165) is 21.3 Å². The molecule has 0 heterocycles. The summed E-state index contributed by atoms with van der Waals surface area (Å²) in [6, 6.07) is 4.27. The molecule has 3 N–H and O–H groups in total. The predicted molar refractivity (Wildman–Crippen MR) is 161 cm³/mol. The van der Waals surface area contributed by atoms with Crippen LogP contribution >= 0.6 is 0 Å². The summed E-state index contributed by atoms with van der Waals surface area (Å²) in [6.07, 6.45) is -3.40. The number of rotatable bonds is 20. The number of methoxy groups -OCH3 is 3. The summed E-state index contributed by atoms with van der Waals surface area (Å²) >= 11 is 0. The van der Waals surface area contributed by atoms with Gasteiger partial charge in [-0.1, -0.05) is 44.2 Å². The van der Waals surface area contributed by atoms with Crippen LogP contribution in [0, 0.1) is 11.8 Å². The first-order chi connectivity index (χ1) is 22.3. The minimum Gasteiger partial charge on any atom is -0.469 e. The fourth-order valence-electron chi connectivity index (χ4n) is 4.16. The number of ketones is 2. The van der Waals surface area contributed by atoms with Gasteiger partial charge in [-0.2, -0.15) is 0 Å². The van der Waals surface area contributed by atoms with Crippen LogP contribution in [0.15, 0.2) is 30.3 Å². The molecule has 260 valence electrons. The second-order valence-corrected chi connectivity index (χ2v) is 10.7. The van der Waals surface area contributed by atoms with Gasteiger partial charge in [-0.25, -0.2) is 9.18 Å². The minimum absolute atomic E-state index is 0.133. The molecule has 1 aromatic rings. The van der Waals surface area contributed by atoms with Crippen LogP contribution in [0.4, 0.5) is 9.18 Å². The van der Waals surface area contributed by atoms with Gasteiger partial charge in [0.1, 0.15) is 31.4 Å². The lowest BCUT2D eigenvalue weighted by Gasteiger charge is -2.27. The van der Waals surface area contributed by atoms with E-state index < -0.39 is 103 Å². The Kier molecular flexibility index (Phi) is 17.9. The first-order valence-electron chi connectivity index (χ1n) is 14.7. The first-order valence-corrected chi connectivity index (χ1v) is 14.7. The number of ether oxygens (including phenoxy) is 4. The van der Waals surface area contributed by atoms with E-state index in [0.29, 0.717) is 5.56 Å². The monoisotopic (exact) mass is 667 g/mol. The maximum Gasteiger partial charge on any atom is 0.408 e. The Balaban J connectivity index is 3.17. The van der Waals surface area contributed by atoms with Crippen molar-refractivity contribution in [1.29, 1.82) is 0 Å². The Morgan fingerprint density at radius 3 is 1.77 bits per heavy atom. The number of nitrogens with one attached hydrogen (secondary N) is 3. The zero-order valence-electron chi connectivity index (χ0n) is 27.0. The number of alkyl carbamates (subject to hydrolysis) is 1. The molecule has 0 aliphatic heterocycles. The molecule has 0 spiro atoms. The van der Waals surface area contributed by atoms with Crippen molar-refractivity contribution in [2.75, 3.05) is 28.0 Å². The summed E-state index contributed by atoms with van der Waals surface area (Å²) < 4.78 is 32.0. The number of carbonyl (C=O) groups is 8. The van der Waals surface area contributed by atoms with Crippen molar-refractivity contribution < 1.29 is 61.7 Å². The third-order valence-electron chi connectivity index (χ3n) is 6.92. The Bertz CT molecular complexity index is 1260. The lowest BCUT2D eigenvalue weighted by molar-refractivity contribution is -0.144. The van der Waals surface area contributed by atoms with Crippen LogP contribution in [-0.4, -0.2) is 93.5 Å². The van der Waals surface area contributed by atoms with Crippen molar-refractivity contribution >= 4 is 47.4 Å². The van der Waals surface area contributed by atoms with Gasteiger partial charge >= 0.3 is 24.0 Å². The molecule has 3 amide bonds. The number of hydrogen-bond donors (Lipinski definition) is 3. The highest BCUT2D eigenvalue weighted by atomic mass is 19.1. The van der Waals surface area contributed by atoms with Gasteiger partial charge in [-0.05, 0) is 17.9 Å². The normalized spacial score (nSPS) is 13.2. The van der Waals surface area contributed by atoms with Crippen LogP contribution in [0.1, 0.15) is 51.5 Å². The smallest absolute Gasteiger partial charge is 0.408 e. The molecule has 0 aliphatic rings. The summed E-state index contributed by atoms with van der Waals surface area (Å²) in [5, 5.41) is 7.04. The Morgan fingerprint density at radius 1 is 0.702 bits per heavy atom. The second kappa shape index (κ2) is 21.0. The highest BCUT2D eigenvalue weighted by Gasteiger charge is 2.34. The summed E-state index contributed by atoms with van der Waals surface area (Å²) in [7, 11) is 3.26. The van der Waals surface area contributed by atoms with Crippen molar-refractivity contribution in [1.82, 2.24) is 16.0 Å². The standard InChI is InChI=1S/C31H42FN3O12/c1-18(2)28(30(42)33-22(24(37)16-32)15-27(40)46-5)35-29(41)20(11-12-25(38)44-3)13-23(36)21(14-26(39)45-4)34-31(43)47-17-19-9-7-6-8-10-19/h6-10,18,20-22,28H,11-17H2,1-5H3,(H,33,42)(H,34,43)(H,35,41)/t20-,21-,22-,28-/m0/s1. The van der Waals surface area contributed by atoms with Crippen molar-refractivity contribution in [2.24, 2.45) is 11.8 Å². The number of esters is 3. The van der Waals surface area contributed by atoms with Crippen molar-refractivity contribution in [3.8, 4) is 0 Å². The average molecular weight is 668 g/mol. The number of amides is 3. The molecule has 16 heteroatoms. The molecule has 0 radical (unpaired) electrons. The van der Waals surface area contributed by atoms with Crippen LogP contribution in [0.2, 0.25) is 0 Å². The van der Waals surface area contributed by atoms with Gasteiger partial charge in [0.2, 0.25) is 11.8 Å². The van der Waals surface area contributed by atoms with Gasteiger partial charge in [0.15, 0.2) is 11.6 Å².